The van der Waals surface area contributed by atoms with Gasteiger partial charge in [-0.2, -0.15) is 0 Å². The Hall–Kier alpha value is -0.940. The molecule has 3 heterocycles. The van der Waals surface area contributed by atoms with Crippen LogP contribution in [0.25, 0.3) is 0 Å². The number of pyridine rings is 1. The lowest BCUT2D eigenvalue weighted by Gasteiger charge is -2.31. The minimum Gasteiger partial charge on any atom is -0.329 e. The zero-order chi connectivity index (χ0) is 13.9. The number of aromatic nitrogens is 1. The SMILES string of the molecule is NCC(c1ccc(Cl)s1)N1CCCC1c1cccnc1. The van der Waals surface area contributed by atoms with Gasteiger partial charge in [0.15, 0.2) is 0 Å². The highest BCUT2D eigenvalue weighted by Crippen LogP contribution is 2.40. The predicted molar refractivity (Wildman–Crippen MR) is 84.0 cm³/mol. The lowest BCUT2D eigenvalue weighted by Crippen LogP contribution is -2.33. The molecule has 0 aromatic carbocycles. The van der Waals surface area contributed by atoms with Gasteiger partial charge in [-0.25, -0.2) is 0 Å². The average Bonchev–Trinajstić information content (AvgIpc) is 3.11. The van der Waals surface area contributed by atoms with E-state index in [0.29, 0.717) is 12.6 Å². The van der Waals surface area contributed by atoms with E-state index in [1.54, 1.807) is 11.3 Å². The molecule has 3 rings (SSSR count). The van der Waals surface area contributed by atoms with Gasteiger partial charge in [0.2, 0.25) is 0 Å². The van der Waals surface area contributed by atoms with Gasteiger partial charge in [0.05, 0.1) is 10.4 Å². The molecular weight excluding hydrogens is 290 g/mol. The highest BCUT2D eigenvalue weighted by Gasteiger charge is 2.32. The van der Waals surface area contributed by atoms with Crippen molar-refractivity contribution < 1.29 is 0 Å². The van der Waals surface area contributed by atoms with Gasteiger partial charge < -0.3 is 5.73 Å². The van der Waals surface area contributed by atoms with Crippen molar-refractivity contribution in [2.45, 2.75) is 24.9 Å². The number of nitrogens with zero attached hydrogens (tertiary/aromatic N) is 2. The number of likely N-dealkylation sites (tertiary alicyclic amines) is 1. The van der Waals surface area contributed by atoms with E-state index in [4.69, 9.17) is 17.3 Å². The maximum atomic E-state index is 6.07. The van der Waals surface area contributed by atoms with Gasteiger partial charge in [-0.3, -0.25) is 9.88 Å². The monoisotopic (exact) mass is 307 g/mol. The lowest BCUT2D eigenvalue weighted by molar-refractivity contribution is 0.188. The zero-order valence-corrected chi connectivity index (χ0v) is 12.8. The standard InChI is InChI=1S/C15H18ClN3S/c16-15-6-5-14(20-15)13(9-17)19-8-2-4-12(19)11-3-1-7-18-10-11/h1,3,5-7,10,12-13H,2,4,8-9,17H2. The molecule has 1 saturated heterocycles. The van der Waals surface area contributed by atoms with Crippen LogP contribution in [0, 0.1) is 0 Å². The minimum absolute atomic E-state index is 0.250. The van der Waals surface area contributed by atoms with Gasteiger partial charge in [-0.15, -0.1) is 11.3 Å². The molecule has 0 bridgehead atoms. The fourth-order valence-electron chi connectivity index (χ4n) is 3.02. The maximum absolute atomic E-state index is 6.07. The molecule has 2 aromatic heterocycles. The molecule has 0 saturated carbocycles. The van der Waals surface area contributed by atoms with E-state index in [0.717, 1.165) is 10.9 Å². The van der Waals surface area contributed by atoms with Crippen LogP contribution in [0.5, 0.6) is 0 Å². The van der Waals surface area contributed by atoms with Gasteiger partial charge in [0, 0.05) is 29.9 Å². The van der Waals surface area contributed by atoms with E-state index in [1.807, 2.05) is 24.5 Å². The van der Waals surface area contributed by atoms with Crippen LogP contribution in [-0.4, -0.2) is 23.0 Å². The second-order valence-electron chi connectivity index (χ2n) is 5.08. The summed E-state index contributed by atoms with van der Waals surface area (Å²) in [6.45, 7) is 1.70. The molecule has 3 nitrogen and oxygen atoms in total. The molecule has 1 aliphatic heterocycles. The third-order valence-corrected chi connectivity index (χ3v) is 5.24. The average molecular weight is 308 g/mol. The van der Waals surface area contributed by atoms with Crippen molar-refractivity contribution in [3.05, 3.63) is 51.4 Å². The Labute approximate surface area is 128 Å². The Bertz CT molecular complexity index is 557. The molecule has 0 amide bonds. The molecule has 20 heavy (non-hydrogen) atoms. The summed E-state index contributed by atoms with van der Waals surface area (Å²) in [6.07, 6.45) is 6.16. The molecule has 5 heteroatoms. The van der Waals surface area contributed by atoms with Gasteiger partial charge >= 0.3 is 0 Å². The summed E-state index contributed by atoms with van der Waals surface area (Å²) in [4.78, 5) is 8.01. The fraction of sp³-hybridized carbons (Fsp3) is 0.400. The van der Waals surface area contributed by atoms with Crippen LogP contribution >= 0.6 is 22.9 Å². The third-order valence-electron chi connectivity index (χ3n) is 3.91. The van der Waals surface area contributed by atoms with Crippen LogP contribution in [-0.2, 0) is 0 Å². The van der Waals surface area contributed by atoms with Crippen molar-refractivity contribution >= 4 is 22.9 Å². The Kier molecular flexibility index (Phi) is 4.36. The minimum atomic E-state index is 0.250. The first-order chi connectivity index (χ1) is 9.79. The second kappa shape index (κ2) is 6.22. The number of hydrogen-bond acceptors (Lipinski definition) is 4. The number of hydrogen-bond donors (Lipinski definition) is 1. The van der Waals surface area contributed by atoms with Crippen LogP contribution < -0.4 is 5.73 Å². The van der Waals surface area contributed by atoms with Crippen LogP contribution in [0.15, 0.2) is 36.7 Å². The molecule has 2 atom stereocenters. The summed E-state index contributed by atoms with van der Waals surface area (Å²) in [6, 6.07) is 8.89. The van der Waals surface area contributed by atoms with Crippen molar-refractivity contribution in [1.82, 2.24) is 9.88 Å². The van der Waals surface area contributed by atoms with Crippen LogP contribution in [0.4, 0.5) is 0 Å². The van der Waals surface area contributed by atoms with Gasteiger partial charge in [-0.1, -0.05) is 17.7 Å². The van der Waals surface area contributed by atoms with E-state index in [-0.39, 0.29) is 6.04 Å². The van der Waals surface area contributed by atoms with Crippen molar-refractivity contribution in [3.63, 3.8) is 0 Å². The maximum Gasteiger partial charge on any atom is 0.0931 e. The molecule has 2 unspecified atom stereocenters. The molecule has 2 N–H and O–H groups in total. The van der Waals surface area contributed by atoms with E-state index < -0.39 is 0 Å². The summed E-state index contributed by atoms with van der Waals surface area (Å²) in [5, 5.41) is 0. The van der Waals surface area contributed by atoms with E-state index >= 15 is 0 Å². The topological polar surface area (TPSA) is 42.1 Å². The first kappa shape index (κ1) is 14.0. The Morgan fingerprint density at radius 1 is 1.45 bits per heavy atom. The summed E-state index contributed by atoms with van der Waals surface area (Å²) >= 11 is 7.70. The highest BCUT2D eigenvalue weighted by atomic mass is 35.5. The number of thiophene rings is 1. The van der Waals surface area contributed by atoms with E-state index in [2.05, 4.69) is 22.0 Å². The summed E-state index contributed by atoms with van der Waals surface area (Å²) in [5.41, 5.74) is 7.32. The Morgan fingerprint density at radius 3 is 3.00 bits per heavy atom. The molecule has 106 valence electrons. The highest BCUT2D eigenvalue weighted by molar-refractivity contribution is 7.16. The van der Waals surface area contributed by atoms with Gasteiger partial charge in [0.25, 0.3) is 0 Å². The van der Waals surface area contributed by atoms with Crippen molar-refractivity contribution in [2.24, 2.45) is 5.73 Å². The summed E-state index contributed by atoms with van der Waals surface area (Å²) in [5.74, 6) is 0. The fourth-order valence-corrected chi connectivity index (χ4v) is 4.21. The van der Waals surface area contributed by atoms with E-state index in [1.165, 1.54) is 23.3 Å². The van der Waals surface area contributed by atoms with Gasteiger partial charge in [0.1, 0.15) is 0 Å². The third kappa shape index (κ3) is 2.74. The zero-order valence-electron chi connectivity index (χ0n) is 11.2. The second-order valence-corrected chi connectivity index (χ2v) is 6.82. The van der Waals surface area contributed by atoms with Crippen LogP contribution in [0.3, 0.4) is 0 Å². The molecular formula is C15H18ClN3S. The van der Waals surface area contributed by atoms with Crippen LogP contribution in [0.1, 0.15) is 35.4 Å². The first-order valence-corrected chi connectivity index (χ1v) is 8.10. The number of rotatable bonds is 4. The molecule has 1 aliphatic rings. The Balaban J connectivity index is 1.87. The van der Waals surface area contributed by atoms with Crippen molar-refractivity contribution in [2.75, 3.05) is 13.1 Å². The molecule has 1 fully saturated rings. The van der Waals surface area contributed by atoms with E-state index in [9.17, 15) is 0 Å². The van der Waals surface area contributed by atoms with Crippen molar-refractivity contribution in [1.29, 1.82) is 0 Å². The smallest absolute Gasteiger partial charge is 0.0931 e. The summed E-state index contributed by atoms with van der Waals surface area (Å²) in [7, 11) is 0. The quantitative estimate of drug-likeness (QED) is 0.938. The lowest BCUT2D eigenvalue weighted by atomic mass is 10.0. The number of halogens is 1. The molecule has 0 spiro atoms. The molecule has 0 radical (unpaired) electrons. The van der Waals surface area contributed by atoms with Crippen LogP contribution in [0.2, 0.25) is 4.34 Å². The first-order valence-electron chi connectivity index (χ1n) is 6.90. The van der Waals surface area contributed by atoms with Crippen molar-refractivity contribution in [3.8, 4) is 0 Å². The number of nitrogens with two attached hydrogens (primary N) is 1. The Morgan fingerprint density at radius 2 is 2.35 bits per heavy atom. The predicted octanol–water partition coefficient (Wildman–Crippen LogP) is 3.63. The largest absolute Gasteiger partial charge is 0.329 e. The normalized spacial score (nSPS) is 21.2. The molecule has 2 aromatic rings. The summed E-state index contributed by atoms with van der Waals surface area (Å²) < 4.78 is 0.829. The van der Waals surface area contributed by atoms with Gasteiger partial charge in [-0.05, 0) is 43.1 Å². The molecule has 0 aliphatic carbocycles.